The molecular weight excluding hydrogens is 576 g/mol. The molecule has 1 unspecified atom stereocenters. The SMILES string of the molecule is COC(=O)C1=C(C)N=c2s/c(=C\c3ccc(OC)c(COc4c(F)c(F)cc(F)c4F)c3)c(=O)n2C1c1ccccc1. The van der Waals surface area contributed by atoms with Gasteiger partial charge < -0.3 is 14.2 Å². The van der Waals surface area contributed by atoms with Crippen molar-refractivity contribution in [1.29, 1.82) is 0 Å². The molecule has 4 aromatic rings. The Morgan fingerprint density at radius 3 is 2.36 bits per heavy atom. The largest absolute Gasteiger partial charge is 0.496 e. The number of aromatic nitrogens is 1. The highest BCUT2D eigenvalue weighted by atomic mass is 32.1. The molecule has 0 aliphatic carbocycles. The van der Waals surface area contributed by atoms with Crippen molar-refractivity contribution in [2.75, 3.05) is 14.2 Å². The van der Waals surface area contributed by atoms with Gasteiger partial charge in [-0.05, 0) is 36.3 Å². The monoisotopic (exact) mass is 598 g/mol. The smallest absolute Gasteiger partial charge is 0.338 e. The molecule has 0 spiro atoms. The summed E-state index contributed by atoms with van der Waals surface area (Å²) in [6, 6.07) is 13.1. The van der Waals surface area contributed by atoms with E-state index in [2.05, 4.69) is 4.99 Å². The second kappa shape index (κ2) is 11.6. The van der Waals surface area contributed by atoms with Gasteiger partial charge in [0.15, 0.2) is 22.2 Å². The van der Waals surface area contributed by atoms with E-state index < -0.39 is 53.2 Å². The van der Waals surface area contributed by atoms with E-state index in [1.807, 2.05) is 6.07 Å². The molecule has 0 radical (unpaired) electrons. The lowest BCUT2D eigenvalue weighted by Gasteiger charge is -2.24. The lowest BCUT2D eigenvalue weighted by molar-refractivity contribution is -0.136. The first-order valence-corrected chi connectivity index (χ1v) is 13.2. The second-order valence-electron chi connectivity index (χ2n) is 9.14. The maximum absolute atomic E-state index is 14.1. The molecule has 0 saturated heterocycles. The quantitative estimate of drug-likeness (QED) is 0.177. The molecule has 7 nitrogen and oxygen atoms in total. The van der Waals surface area contributed by atoms with Gasteiger partial charge in [0.25, 0.3) is 5.56 Å². The third-order valence-corrected chi connectivity index (χ3v) is 7.57. The first-order valence-electron chi connectivity index (χ1n) is 12.4. The molecule has 3 aromatic carbocycles. The Morgan fingerprint density at radius 2 is 1.71 bits per heavy atom. The summed E-state index contributed by atoms with van der Waals surface area (Å²) in [5, 5.41) is 0. The molecule has 0 amide bonds. The zero-order valence-electron chi connectivity index (χ0n) is 22.4. The van der Waals surface area contributed by atoms with Crippen LogP contribution in [0.1, 0.15) is 29.7 Å². The van der Waals surface area contributed by atoms with Crippen LogP contribution in [0.3, 0.4) is 0 Å². The number of fused-ring (bicyclic) bond motifs is 1. The van der Waals surface area contributed by atoms with E-state index in [1.165, 1.54) is 18.8 Å². The summed E-state index contributed by atoms with van der Waals surface area (Å²) < 4.78 is 72.6. The number of carbonyl (C=O) groups excluding carboxylic acids is 1. The van der Waals surface area contributed by atoms with Crippen LogP contribution in [0.4, 0.5) is 17.6 Å². The number of benzene rings is 3. The van der Waals surface area contributed by atoms with E-state index in [0.717, 1.165) is 11.3 Å². The van der Waals surface area contributed by atoms with E-state index in [4.69, 9.17) is 14.2 Å². The maximum atomic E-state index is 14.1. The molecule has 2 heterocycles. The summed E-state index contributed by atoms with van der Waals surface area (Å²) in [6.07, 6.45) is 1.58. The van der Waals surface area contributed by atoms with E-state index in [9.17, 15) is 27.2 Å². The van der Waals surface area contributed by atoms with E-state index in [1.54, 1.807) is 55.5 Å². The molecule has 0 fully saturated rings. The first-order chi connectivity index (χ1) is 20.1. The van der Waals surface area contributed by atoms with Gasteiger partial charge in [-0.1, -0.05) is 47.7 Å². The van der Waals surface area contributed by atoms with Gasteiger partial charge in [-0.3, -0.25) is 9.36 Å². The minimum Gasteiger partial charge on any atom is -0.496 e. The van der Waals surface area contributed by atoms with Crippen LogP contribution in [0.25, 0.3) is 6.08 Å². The number of hydrogen-bond acceptors (Lipinski definition) is 7. The molecule has 0 saturated carbocycles. The number of allylic oxidation sites excluding steroid dienone is 1. The van der Waals surface area contributed by atoms with Crippen LogP contribution in [0.15, 0.2) is 75.7 Å². The van der Waals surface area contributed by atoms with Crippen LogP contribution in [0.5, 0.6) is 11.5 Å². The van der Waals surface area contributed by atoms with Crippen molar-refractivity contribution >= 4 is 23.4 Å². The van der Waals surface area contributed by atoms with Crippen molar-refractivity contribution in [1.82, 2.24) is 4.57 Å². The average Bonchev–Trinajstić information content (AvgIpc) is 3.29. The highest BCUT2D eigenvalue weighted by Crippen LogP contribution is 2.31. The molecule has 42 heavy (non-hydrogen) atoms. The van der Waals surface area contributed by atoms with Gasteiger partial charge in [-0.2, -0.15) is 8.78 Å². The summed E-state index contributed by atoms with van der Waals surface area (Å²) in [5.41, 5.74) is 1.71. The Bertz CT molecular complexity index is 1890. The number of halogens is 4. The minimum atomic E-state index is -1.67. The van der Waals surface area contributed by atoms with Gasteiger partial charge in [0.1, 0.15) is 12.4 Å². The van der Waals surface area contributed by atoms with Crippen LogP contribution in [-0.4, -0.2) is 24.8 Å². The van der Waals surface area contributed by atoms with E-state index >= 15 is 0 Å². The molecule has 0 N–H and O–H groups in total. The number of rotatable bonds is 7. The summed E-state index contributed by atoms with van der Waals surface area (Å²) >= 11 is 1.11. The fourth-order valence-corrected chi connectivity index (χ4v) is 5.67. The fraction of sp³-hybridized carbons (Fsp3) is 0.167. The minimum absolute atomic E-state index is 0.0899. The number of esters is 1. The van der Waals surface area contributed by atoms with Gasteiger partial charge in [-0.15, -0.1) is 0 Å². The van der Waals surface area contributed by atoms with E-state index in [-0.39, 0.29) is 27.5 Å². The molecule has 0 bridgehead atoms. The number of ether oxygens (including phenoxy) is 3. The summed E-state index contributed by atoms with van der Waals surface area (Å²) in [5.74, 6) is -8.07. The highest BCUT2D eigenvalue weighted by molar-refractivity contribution is 7.07. The van der Waals surface area contributed by atoms with Crippen molar-refractivity contribution in [3.05, 3.63) is 126 Å². The lowest BCUT2D eigenvalue weighted by Crippen LogP contribution is -2.39. The zero-order chi connectivity index (χ0) is 30.1. The van der Waals surface area contributed by atoms with Crippen molar-refractivity contribution in [2.45, 2.75) is 19.6 Å². The van der Waals surface area contributed by atoms with Crippen LogP contribution < -0.4 is 24.4 Å². The fourth-order valence-electron chi connectivity index (χ4n) is 4.62. The van der Waals surface area contributed by atoms with Crippen molar-refractivity contribution in [3.63, 3.8) is 0 Å². The van der Waals surface area contributed by atoms with Crippen molar-refractivity contribution < 1.29 is 36.6 Å². The maximum Gasteiger partial charge on any atom is 0.338 e. The third-order valence-electron chi connectivity index (χ3n) is 6.59. The van der Waals surface area contributed by atoms with Gasteiger partial charge in [0.05, 0.1) is 36.1 Å². The summed E-state index contributed by atoms with van der Waals surface area (Å²) in [6.45, 7) is 1.17. The first kappa shape index (κ1) is 28.8. The number of hydrogen-bond donors (Lipinski definition) is 0. The van der Waals surface area contributed by atoms with Gasteiger partial charge in [-0.25, -0.2) is 18.6 Å². The third kappa shape index (κ3) is 5.20. The molecule has 1 aliphatic heterocycles. The molecule has 5 rings (SSSR count). The Kier molecular flexibility index (Phi) is 7.99. The van der Waals surface area contributed by atoms with Gasteiger partial charge >= 0.3 is 5.97 Å². The number of carbonyl (C=O) groups is 1. The van der Waals surface area contributed by atoms with Crippen LogP contribution in [0, 0.1) is 23.3 Å². The van der Waals surface area contributed by atoms with Crippen LogP contribution in [-0.2, 0) is 16.1 Å². The Balaban J connectivity index is 1.57. The topological polar surface area (TPSA) is 79.1 Å². The van der Waals surface area contributed by atoms with Crippen molar-refractivity contribution in [3.8, 4) is 11.5 Å². The molecule has 12 heteroatoms. The number of thiazole rings is 1. The van der Waals surface area contributed by atoms with Gasteiger partial charge in [0.2, 0.25) is 11.6 Å². The molecular formula is C30H22F4N2O5S. The predicted octanol–water partition coefficient (Wildman–Crippen LogP) is 4.55. The van der Waals surface area contributed by atoms with Gasteiger partial charge in [0, 0.05) is 11.6 Å². The van der Waals surface area contributed by atoms with Crippen LogP contribution >= 0.6 is 11.3 Å². The lowest BCUT2D eigenvalue weighted by atomic mass is 9.96. The molecule has 216 valence electrons. The van der Waals surface area contributed by atoms with Crippen molar-refractivity contribution in [2.24, 2.45) is 4.99 Å². The summed E-state index contributed by atoms with van der Waals surface area (Å²) in [7, 11) is 2.62. The molecule has 1 aromatic heterocycles. The van der Waals surface area contributed by atoms with E-state index in [0.29, 0.717) is 21.6 Å². The second-order valence-corrected chi connectivity index (χ2v) is 10.2. The number of nitrogens with zero attached hydrogens (tertiary/aromatic N) is 2. The Morgan fingerprint density at radius 1 is 1.02 bits per heavy atom. The molecule has 1 aliphatic rings. The standard InChI is InChI=1S/C30H22F4N2O5S/c1-15-23(29(38)40-3)26(17-7-5-4-6-8-17)36-28(37)22(42-30(36)35-15)12-16-9-10-21(39-2)18(11-16)14-41-27-24(33)19(31)13-20(32)25(27)34/h4-13,26H,14H2,1-3H3/b22-12-. The average molecular weight is 599 g/mol. The predicted molar refractivity (Wildman–Crippen MR) is 146 cm³/mol. The normalized spacial score (nSPS) is 14.8. The highest BCUT2D eigenvalue weighted by Gasteiger charge is 2.33. The summed E-state index contributed by atoms with van der Waals surface area (Å²) in [4.78, 5) is 31.4. The number of methoxy groups -OCH3 is 2. The zero-order valence-corrected chi connectivity index (χ0v) is 23.2. The molecule has 1 atom stereocenters. The Hall–Kier alpha value is -4.71. The van der Waals surface area contributed by atoms with Crippen LogP contribution in [0.2, 0.25) is 0 Å². The Labute approximate surface area is 240 Å².